The Labute approximate surface area is 422 Å². The Morgan fingerprint density at radius 2 is 1.19 bits per heavy atom. The van der Waals surface area contributed by atoms with Crippen molar-refractivity contribution in [1.82, 2.24) is 0 Å². The minimum absolute atomic E-state index is 0.0201. The Kier molecular flexibility index (Phi) is 15.6. The van der Waals surface area contributed by atoms with Gasteiger partial charge in [-0.15, -0.1) is 0 Å². The molecular weight excluding hydrogens is 973 g/mol. The summed E-state index contributed by atoms with van der Waals surface area (Å²) in [5.41, 5.74) is -2.77. The predicted molar refractivity (Wildman–Crippen MR) is 240 cm³/mol. The zero-order chi connectivity index (χ0) is 52.4. The van der Waals surface area contributed by atoms with E-state index in [4.69, 9.17) is 47.4 Å². The van der Waals surface area contributed by atoms with Crippen LogP contribution in [0.15, 0.2) is 0 Å². The second kappa shape index (κ2) is 20.6. The molecule has 0 aromatic rings. The van der Waals surface area contributed by atoms with Gasteiger partial charge in [-0.2, -0.15) is 0 Å². The zero-order valence-corrected chi connectivity index (χ0v) is 41.7. The lowest BCUT2D eigenvalue weighted by molar-refractivity contribution is -0.395. The van der Waals surface area contributed by atoms with Crippen molar-refractivity contribution < 1.29 is 119 Å². The van der Waals surface area contributed by atoms with E-state index in [1.807, 2.05) is 6.92 Å². The van der Waals surface area contributed by atoms with Crippen LogP contribution in [0.1, 0.15) is 79.1 Å². The molecule has 25 unspecified atom stereocenters. The lowest BCUT2D eigenvalue weighted by Crippen LogP contribution is -2.71. The van der Waals surface area contributed by atoms with E-state index < -0.39 is 172 Å². The number of hydrogen-bond acceptors (Lipinski definition) is 24. The van der Waals surface area contributed by atoms with Crippen molar-refractivity contribution in [2.75, 3.05) is 33.0 Å². The van der Waals surface area contributed by atoms with Crippen molar-refractivity contribution in [3.63, 3.8) is 0 Å². The van der Waals surface area contributed by atoms with Crippen LogP contribution in [-0.2, 0) is 47.4 Å². The highest BCUT2D eigenvalue weighted by molar-refractivity contribution is 5.21. The van der Waals surface area contributed by atoms with Gasteiger partial charge in [-0.05, 0) is 73.5 Å². The first-order valence-corrected chi connectivity index (χ1v) is 26.4. The molecule has 0 radical (unpaired) electrons. The van der Waals surface area contributed by atoms with E-state index in [1.165, 1.54) is 0 Å². The molecule has 6 saturated heterocycles. The molecule has 6 aliphatic heterocycles. The molecule has 24 heteroatoms. The lowest BCUT2D eigenvalue weighted by atomic mass is 9.42. The maximum Gasteiger partial charge on any atom is 0.187 e. The van der Waals surface area contributed by atoms with E-state index in [0.29, 0.717) is 18.9 Å². The molecule has 73 heavy (non-hydrogen) atoms. The fourth-order valence-corrected chi connectivity index (χ4v) is 15.7. The molecule has 0 aromatic heterocycles. The van der Waals surface area contributed by atoms with E-state index in [-0.39, 0.29) is 54.0 Å². The minimum Gasteiger partial charge on any atom is -0.394 e. The van der Waals surface area contributed by atoms with Crippen LogP contribution in [-0.4, -0.2) is 251 Å². The Bertz CT molecular complexity index is 1900. The topological polar surface area (TPSA) is 376 Å². The maximum atomic E-state index is 12.8. The van der Waals surface area contributed by atoms with Gasteiger partial charge >= 0.3 is 0 Å². The second-order valence-corrected chi connectivity index (χ2v) is 23.9. The van der Waals surface area contributed by atoms with Crippen molar-refractivity contribution >= 4 is 0 Å². The summed E-state index contributed by atoms with van der Waals surface area (Å²) in [6.07, 6.45) is -30.9. The summed E-state index contributed by atoms with van der Waals surface area (Å²) >= 11 is 0. The predicted octanol–water partition coefficient (Wildman–Crippen LogP) is -4.57. The number of hydrogen-bond donors (Lipinski definition) is 14. The molecule has 32 atom stereocenters. The molecule has 1 spiro atoms. The van der Waals surface area contributed by atoms with E-state index in [2.05, 4.69) is 20.8 Å². The molecule has 24 nitrogen and oxygen atoms in total. The SMILES string of the molecule is CC1CC[C@@]2(OC1)OC1CC3C4C[C@@H](O)[C@@]5(O)CC(OC6OC(CO)C(OC7OCC(O)C(OC8OCC(O)C(O)C8O)C7OC7OC(CO)C(O)C(O)C7O)C(O)C6O)[C@H](O)C[C@]5(C)C4CC[C@]3(C)C1[C@@H]2C. The lowest BCUT2D eigenvalue weighted by Gasteiger charge is -2.66. The Balaban J connectivity index is 0.830. The average Bonchev–Trinajstić information content (AvgIpc) is 3.81. The smallest absolute Gasteiger partial charge is 0.187 e. The fraction of sp³-hybridized carbons (Fsp3) is 1.00. The van der Waals surface area contributed by atoms with Crippen LogP contribution in [0, 0.1) is 46.3 Å². The quantitative estimate of drug-likeness (QED) is 0.0916. The number of fused-ring (bicyclic) bond motifs is 7. The fourth-order valence-electron chi connectivity index (χ4n) is 15.7. The summed E-state index contributed by atoms with van der Waals surface area (Å²) in [5.74, 6) is 0.581. The van der Waals surface area contributed by atoms with E-state index in [0.717, 1.165) is 32.1 Å². The van der Waals surface area contributed by atoms with Crippen LogP contribution < -0.4 is 0 Å². The molecular formula is C49H80O24. The van der Waals surface area contributed by atoms with Crippen molar-refractivity contribution in [3.05, 3.63) is 0 Å². The van der Waals surface area contributed by atoms with Gasteiger partial charge in [0.25, 0.3) is 0 Å². The summed E-state index contributed by atoms with van der Waals surface area (Å²) in [7, 11) is 0. The van der Waals surface area contributed by atoms with Crippen LogP contribution in [0.5, 0.6) is 0 Å². The highest BCUT2D eigenvalue weighted by atomic mass is 16.8. The summed E-state index contributed by atoms with van der Waals surface area (Å²) in [5, 5.41) is 155. The van der Waals surface area contributed by atoms with Gasteiger partial charge in [0.05, 0.1) is 63.1 Å². The Morgan fingerprint density at radius 3 is 1.89 bits per heavy atom. The highest BCUT2D eigenvalue weighted by Gasteiger charge is 2.73. The Hall–Kier alpha value is -0.960. The van der Waals surface area contributed by atoms with Gasteiger partial charge in [-0.1, -0.05) is 27.7 Å². The van der Waals surface area contributed by atoms with Gasteiger partial charge in [0, 0.05) is 24.2 Å². The maximum absolute atomic E-state index is 12.8. The molecule has 10 aliphatic rings. The van der Waals surface area contributed by atoms with E-state index in [1.54, 1.807) is 0 Å². The summed E-state index contributed by atoms with van der Waals surface area (Å²) < 4.78 is 60.4. The van der Waals surface area contributed by atoms with Crippen molar-refractivity contribution in [2.24, 2.45) is 46.3 Å². The molecule has 0 bridgehead atoms. The molecule has 10 fully saturated rings. The average molecular weight is 1050 g/mol. The molecule has 10 rings (SSSR count). The van der Waals surface area contributed by atoms with Crippen LogP contribution >= 0.6 is 0 Å². The molecule has 4 saturated carbocycles. The van der Waals surface area contributed by atoms with Gasteiger partial charge in [-0.25, -0.2) is 0 Å². The normalized spacial score (nSPS) is 59.3. The van der Waals surface area contributed by atoms with Crippen molar-refractivity contribution in [1.29, 1.82) is 0 Å². The molecule has 420 valence electrons. The number of ether oxygens (including phenoxy) is 10. The standard InChI is InChI=1S/C49H80O24/c1-18-5-8-49(66-15-18)19(2)31-26(73-49)10-22-20-9-30(55)48(63)12-27(23(52)11-47(48,4)21(20)6-7-46(22,31)3)67-43-38(62)35(59)40(29(14-51)69-43)71-45-41(72-44-37(61)34(58)33(57)28(13-50)68-44)39(25(54)17-65-45)70-42-36(60)32(56)24(53)16-64-42/h18-45,50-63H,5-17H2,1-4H3/t18?,19-,20?,21?,22?,23+,24?,25?,26?,27?,28?,29?,30+,31?,32?,33?,34?,35?,36?,37?,38?,39?,40?,41?,42?,43?,44?,45?,46-,47+,48-,49+/m0/s1. The molecule has 4 aliphatic carbocycles. The van der Waals surface area contributed by atoms with Crippen molar-refractivity contribution in [2.45, 2.75) is 225 Å². The third-order valence-electron chi connectivity index (χ3n) is 19.8. The van der Waals surface area contributed by atoms with Crippen LogP contribution in [0.3, 0.4) is 0 Å². The molecule has 6 heterocycles. The highest BCUT2D eigenvalue weighted by Crippen LogP contribution is 2.72. The van der Waals surface area contributed by atoms with E-state index >= 15 is 0 Å². The Morgan fingerprint density at radius 1 is 0.562 bits per heavy atom. The van der Waals surface area contributed by atoms with Crippen molar-refractivity contribution in [3.8, 4) is 0 Å². The summed E-state index contributed by atoms with van der Waals surface area (Å²) in [6.45, 7) is 6.62. The first-order chi connectivity index (χ1) is 34.5. The first-order valence-electron chi connectivity index (χ1n) is 26.4. The zero-order valence-electron chi connectivity index (χ0n) is 41.7. The van der Waals surface area contributed by atoms with Gasteiger partial charge < -0.3 is 119 Å². The third kappa shape index (κ3) is 9.09. The molecule has 0 amide bonds. The molecule has 14 N–H and O–H groups in total. The first kappa shape index (κ1) is 55.4. The van der Waals surface area contributed by atoms with Gasteiger partial charge in [0.1, 0.15) is 85.5 Å². The third-order valence-corrected chi connectivity index (χ3v) is 19.8. The van der Waals surface area contributed by atoms with Crippen LogP contribution in [0.25, 0.3) is 0 Å². The minimum atomic E-state index is -2.00. The largest absolute Gasteiger partial charge is 0.394 e. The van der Waals surface area contributed by atoms with Gasteiger partial charge in [-0.3, -0.25) is 0 Å². The van der Waals surface area contributed by atoms with Gasteiger partial charge in [0.2, 0.25) is 0 Å². The number of aliphatic hydroxyl groups is 14. The summed E-state index contributed by atoms with van der Waals surface area (Å²) in [4.78, 5) is 0. The molecule has 0 aromatic carbocycles. The second-order valence-electron chi connectivity index (χ2n) is 23.9. The number of aliphatic hydroxyl groups excluding tert-OH is 13. The summed E-state index contributed by atoms with van der Waals surface area (Å²) in [6, 6.07) is 0. The number of rotatable bonds is 10. The van der Waals surface area contributed by atoms with Crippen LogP contribution in [0.4, 0.5) is 0 Å². The van der Waals surface area contributed by atoms with E-state index in [9.17, 15) is 71.5 Å². The monoisotopic (exact) mass is 1050 g/mol. The van der Waals surface area contributed by atoms with Crippen LogP contribution in [0.2, 0.25) is 0 Å². The van der Waals surface area contributed by atoms with Gasteiger partial charge in [0.15, 0.2) is 30.9 Å².